The molecule has 134 valence electrons. The molecule has 0 aliphatic rings. The minimum absolute atomic E-state index is 0.155. The van der Waals surface area contributed by atoms with Crippen LogP contribution in [0.1, 0.15) is 12.0 Å². The molecule has 0 unspecified atom stereocenters. The molecule has 0 aromatic heterocycles. The third kappa shape index (κ3) is 5.18. The number of hydrogen-bond donors (Lipinski definition) is 2. The molecule has 0 heterocycles. The van der Waals surface area contributed by atoms with Gasteiger partial charge in [0.25, 0.3) is 0 Å². The van der Waals surface area contributed by atoms with Gasteiger partial charge in [0.2, 0.25) is 5.91 Å². The molecule has 0 saturated carbocycles. The van der Waals surface area contributed by atoms with Crippen LogP contribution >= 0.6 is 23.2 Å². The van der Waals surface area contributed by atoms with Crippen LogP contribution in [0.4, 0.5) is 11.4 Å². The lowest BCUT2D eigenvalue weighted by molar-refractivity contribution is -0.116. The smallest absolute Gasteiger partial charge is 0.226 e. The average molecular weight is 383 g/mol. The molecule has 2 aromatic carbocycles. The quantitative estimate of drug-likeness (QED) is 0.724. The average Bonchev–Trinajstić information content (AvgIpc) is 2.58. The summed E-state index contributed by atoms with van der Waals surface area (Å²) in [4.78, 5) is 12.2. The number of methoxy groups -OCH3 is 2. The topological polar surface area (TPSA) is 59.6 Å². The first kappa shape index (κ1) is 19.2. The van der Waals surface area contributed by atoms with Crippen molar-refractivity contribution in [3.63, 3.8) is 0 Å². The van der Waals surface area contributed by atoms with E-state index in [1.54, 1.807) is 31.4 Å². The predicted molar refractivity (Wildman–Crippen MR) is 102 cm³/mol. The number of halogens is 2. The second-order valence-corrected chi connectivity index (χ2v) is 6.21. The summed E-state index contributed by atoms with van der Waals surface area (Å²) in [5, 5.41) is 7.14. The van der Waals surface area contributed by atoms with E-state index in [9.17, 15) is 4.79 Å². The van der Waals surface area contributed by atoms with E-state index in [2.05, 4.69) is 10.6 Å². The number of rotatable bonds is 7. The molecule has 2 aromatic rings. The molecule has 7 heteroatoms. The zero-order chi connectivity index (χ0) is 18.4. The minimum Gasteiger partial charge on any atom is -0.495 e. The van der Waals surface area contributed by atoms with E-state index in [-0.39, 0.29) is 12.3 Å². The fraction of sp³-hybridized carbons (Fsp3) is 0.278. The largest absolute Gasteiger partial charge is 0.495 e. The van der Waals surface area contributed by atoms with E-state index in [0.29, 0.717) is 33.8 Å². The van der Waals surface area contributed by atoms with Crippen LogP contribution in [0, 0.1) is 6.92 Å². The summed E-state index contributed by atoms with van der Waals surface area (Å²) in [6, 6.07) is 8.69. The van der Waals surface area contributed by atoms with Gasteiger partial charge in [-0.15, -0.1) is 0 Å². The Morgan fingerprint density at radius 2 is 1.76 bits per heavy atom. The number of nitrogens with one attached hydrogen (secondary N) is 2. The van der Waals surface area contributed by atoms with Crippen molar-refractivity contribution in [2.45, 2.75) is 13.3 Å². The molecule has 0 spiro atoms. The van der Waals surface area contributed by atoms with Crippen LogP contribution in [0.5, 0.6) is 11.5 Å². The number of carbonyl (C=O) groups is 1. The van der Waals surface area contributed by atoms with E-state index in [1.807, 2.05) is 13.0 Å². The lowest BCUT2D eigenvalue weighted by Crippen LogP contribution is -2.17. The highest BCUT2D eigenvalue weighted by molar-refractivity contribution is 6.31. The van der Waals surface area contributed by atoms with Crippen LogP contribution in [0.25, 0.3) is 0 Å². The standard InChI is InChI=1S/C18H20Cl2N2O3/c1-11-8-14(17(25-3)10-13(11)20)21-7-6-18(23)22-15-9-12(19)4-5-16(15)24-2/h4-5,8-10,21H,6-7H2,1-3H3,(H,22,23). The molecule has 2 N–H and O–H groups in total. The third-order valence-corrected chi connectivity index (χ3v) is 4.23. The first-order valence-electron chi connectivity index (χ1n) is 7.66. The van der Waals surface area contributed by atoms with Crippen LogP contribution in [0.2, 0.25) is 10.0 Å². The van der Waals surface area contributed by atoms with E-state index in [4.69, 9.17) is 32.7 Å². The Balaban J connectivity index is 1.95. The van der Waals surface area contributed by atoms with E-state index in [1.165, 1.54) is 7.11 Å². The highest BCUT2D eigenvalue weighted by Crippen LogP contribution is 2.31. The first-order chi connectivity index (χ1) is 11.9. The molecule has 0 bridgehead atoms. The van der Waals surface area contributed by atoms with Gasteiger partial charge in [-0.25, -0.2) is 0 Å². The molecular formula is C18H20Cl2N2O3. The monoisotopic (exact) mass is 382 g/mol. The summed E-state index contributed by atoms with van der Waals surface area (Å²) < 4.78 is 10.5. The van der Waals surface area contributed by atoms with Gasteiger partial charge in [0.1, 0.15) is 11.5 Å². The summed E-state index contributed by atoms with van der Waals surface area (Å²) in [5.74, 6) is 1.03. The highest BCUT2D eigenvalue weighted by Gasteiger charge is 2.10. The van der Waals surface area contributed by atoms with Crippen molar-refractivity contribution >= 4 is 40.5 Å². The zero-order valence-corrected chi connectivity index (χ0v) is 15.8. The van der Waals surface area contributed by atoms with Gasteiger partial charge in [-0.05, 0) is 36.8 Å². The molecule has 25 heavy (non-hydrogen) atoms. The Kier molecular flexibility index (Phi) is 6.79. The number of ether oxygens (including phenoxy) is 2. The van der Waals surface area contributed by atoms with Crippen LogP contribution < -0.4 is 20.1 Å². The molecule has 1 amide bonds. The van der Waals surface area contributed by atoms with Crippen molar-refractivity contribution in [1.82, 2.24) is 0 Å². The zero-order valence-electron chi connectivity index (χ0n) is 14.3. The minimum atomic E-state index is -0.155. The van der Waals surface area contributed by atoms with Crippen LogP contribution in [0.15, 0.2) is 30.3 Å². The summed E-state index contributed by atoms with van der Waals surface area (Å²) in [6.07, 6.45) is 0.264. The van der Waals surface area contributed by atoms with Crippen LogP contribution in [-0.2, 0) is 4.79 Å². The number of anilines is 2. The fourth-order valence-electron chi connectivity index (χ4n) is 2.27. The van der Waals surface area contributed by atoms with Crippen LogP contribution in [-0.4, -0.2) is 26.7 Å². The second kappa shape index (κ2) is 8.83. The van der Waals surface area contributed by atoms with Gasteiger partial charge >= 0.3 is 0 Å². The van der Waals surface area contributed by atoms with Crippen molar-refractivity contribution in [3.05, 3.63) is 45.9 Å². The summed E-state index contributed by atoms with van der Waals surface area (Å²) in [6.45, 7) is 2.34. The Bertz CT molecular complexity index is 766. The van der Waals surface area contributed by atoms with E-state index < -0.39 is 0 Å². The lowest BCUT2D eigenvalue weighted by atomic mass is 10.2. The number of amides is 1. The summed E-state index contributed by atoms with van der Waals surface area (Å²) in [5.41, 5.74) is 2.26. The van der Waals surface area contributed by atoms with Gasteiger partial charge < -0.3 is 20.1 Å². The van der Waals surface area contributed by atoms with E-state index >= 15 is 0 Å². The number of aryl methyl sites for hydroxylation is 1. The molecule has 0 aliphatic carbocycles. The van der Waals surface area contributed by atoms with Gasteiger partial charge in [-0.1, -0.05) is 23.2 Å². The van der Waals surface area contributed by atoms with Crippen molar-refractivity contribution < 1.29 is 14.3 Å². The van der Waals surface area contributed by atoms with Crippen molar-refractivity contribution in [1.29, 1.82) is 0 Å². The summed E-state index contributed by atoms with van der Waals surface area (Å²) in [7, 11) is 3.11. The maximum atomic E-state index is 12.2. The third-order valence-electron chi connectivity index (χ3n) is 3.58. The molecule has 0 radical (unpaired) electrons. The first-order valence-corrected chi connectivity index (χ1v) is 8.41. The maximum absolute atomic E-state index is 12.2. The van der Waals surface area contributed by atoms with Crippen LogP contribution in [0.3, 0.4) is 0 Å². The molecule has 0 atom stereocenters. The van der Waals surface area contributed by atoms with Crippen molar-refractivity contribution in [2.75, 3.05) is 31.4 Å². The second-order valence-electron chi connectivity index (χ2n) is 5.37. The van der Waals surface area contributed by atoms with Gasteiger partial charge in [0, 0.05) is 29.1 Å². The van der Waals surface area contributed by atoms with E-state index in [0.717, 1.165) is 11.3 Å². The molecule has 0 saturated heterocycles. The number of carbonyl (C=O) groups excluding carboxylic acids is 1. The van der Waals surface area contributed by atoms with Crippen molar-refractivity contribution in [2.24, 2.45) is 0 Å². The number of hydrogen-bond acceptors (Lipinski definition) is 4. The van der Waals surface area contributed by atoms with Crippen molar-refractivity contribution in [3.8, 4) is 11.5 Å². The molecule has 0 aliphatic heterocycles. The normalized spacial score (nSPS) is 10.3. The van der Waals surface area contributed by atoms with Gasteiger partial charge in [-0.3, -0.25) is 4.79 Å². The molecule has 5 nitrogen and oxygen atoms in total. The number of benzene rings is 2. The predicted octanol–water partition coefficient (Wildman–Crippen LogP) is 4.76. The molecule has 2 rings (SSSR count). The Hall–Kier alpha value is -2.11. The Morgan fingerprint density at radius 1 is 1.04 bits per heavy atom. The van der Waals surface area contributed by atoms with Gasteiger partial charge in [-0.2, -0.15) is 0 Å². The molecule has 0 fully saturated rings. The van der Waals surface area contributed by atoms with Gasteiger partial charge in [0.15, 0.2) is 0 Å². The Morgan fingerprint density at radius 3 is 2.44 bits per heavy atom. The van der Waals surface area contributed by atoms with Gasteiger partial charge in [0.05, 0.1) is 25.6 Å². The highest BCUT2D eigenvalue weighted by atomic mass is 35.5. The lowest BCUT2D eigenvalue weighted by Gasteiger charge is -2.14. The Labute approximate surface area is 157 Å². The molecular weight excluding hydrogens is 363 g/mol. The fourth-order valence-corrected chi connectivity index (χ4v) is 2.60. The maximum Gasteiger partial charge on any atom is 0.226 e. The SMILES string of the molecule is COc1cc(Cl)c(C)cc1NCCC(=O)Nc1cc(Cl)ccc1OC. The summed E-state index contributed by atoms with van der Waals surface area (Å²) >= 11 is 12.0.